The molecule has 0 saturated carbocycles. The number of halogens is 1. The minimum Gasteiger partial charge on any atom is -0.366 e. The fourth-order valence-corrected chi connectivity index (χ4v) is 3.58. The number of fused-ring (bicyclic) bond motifs is 2. The van der Waals surface area contributed by atoms with E-state index in [0.717, 1.165) is 18.6 Å². The van der Waals surface area contributed by atoms with Gasteiger partial charge in [-0.1, -0.05) is 12.1 Å². The van der Waals surface area contributed by atoms with Gasteiger partial charge in [-0.25, -0.2) is 0 Å². The average Bonchev–Trinajstić information content (AvgIpc) is 2.78. The lowest BCUT2D eigenvalue weighted by molar-refractivity contribution is 0.1000. The van der Waals surface area contributed by atoms with Crippen LogP contribution in [-0.2, 0) is 6.54 Å². The fourth-order valence-electron chi connectivity index (χ4n) is 3.58. The number of hydrogen-bond donors (Lipinski definition) is 2. The summed E-state index contributed by atoms with van der Waals surface area (Å²) in [5.41, 5.74) is 7.08. The van der Waals surface area contributed by atoms with Gasteiger partial charge in [0, 0.05) is 30.2 Å². The van der Waals surface area contributed by atoms with Crippen molar-refractivity contribution in [3.8, 4) is 0 Å². The molecule has 2 aliphatic heterocycles. The number of nitrogens with zero attached hydrogens (tertiary/aromatic N) is 1. The maximum absolute atomic E-state index is 11.1. The average molecular weight is 310 g/mol. The van der Waals surface area contributed by atoms with Crippen molar-refractivity contribution in [3.63, 3.8) is 0 Å². The van der Waals surface area contributed by atoms with E-state index in [1.165, 1.54) is 31.2 Å². The molecule has 2 aliphatic rings. The second kappa shape index (κ2) is 6.77. The van der Waals surface area contributed by atoms with E-state index < -0.39 is 0 Å². The molecule has 0 aromatic heterocycles. The van der Waals surface area contributed by atoms with Crippen molar-refractivity contribution in [3.05, 3.63) is 35.4 Å². The SMILES string of the molecule is CN(Cc1ccc(C(N)=O)cc1)C1CC2CCC(C1)N2.Cl. The van der Waals surface area contributed by atoms with Gasteiger partial charge in [0.25, 0.3) is 0 Å². The minimum absolute atomic E-state index is 0. The standard InChI is InChI=1S/C16H23N3O.ClH/c1-19(15-8-13-6-7-14(9-15)18-13)10-11-2-4-12(5-3-11)16(17)20;/h2-5,13-15,18H,6-10H2,1H3,(H2,17,20);1H. The lowest BCUT2D eigenvalue weighted by atomic mass is 9.98. The first kappa shape index (κ1) is 16.3. The number of piperidine rings is 1. The first-order chi connectivity index (χ1) is 9.61. The molecule has 2 fully saturated rings. The molecule has 2 heterocycles. The molecule has 116 valence electrons. The molecule has 0 spiro atoms. The van der Waals surface area contributed by atoms with Gasteiger partial charge in [-0.3, -0.25) is 9.69 Å². The van der Waals surface area contributed by atoms with E-state index in [-0.39, 0.29) is 18.3 Å². The van der Waals surface area contributed by atoms with Crippen LogP contribution >= 0.6 is 12.4 Å². The van der Waals surface area contributed by atoms with Crippen LogP contribution in [0.4, 0.5) is 0 Å². The zero-order valence-electron chi connectivity index (χ0n) is 12.4. The second-order valence-electron chi connectivity index (χ2n) is 6.24. The van der Waals surface area contributed by atoms with Gasteiger partial charge in [-0.2, -0.15) is 0 Å². The molecule has 1 aromatic carbocycles. The van der Waals surface area contributed by atoms with E-state index in [1.807, 2.05) is 24.3 Å². The molecule has 0 aliphatic carbocycles. The van der Waals surface area contributed by atoms with Gasteiger partial charge in [0.15, 0.2) is 0 Å². The normalized spacial score (nSPS) is 27.4. The maximum atomic E-state index is 11.1. The molecule has 2 bridgehead atoms. The fraction of sp³-hybridized carbons (Fsp3) is 0.562. The van der Waals surface area contributed by atoms with Crippen LogP contribution in [0, 0.1) is 0 Å². The van der Waals surface area contributed by atoms with E-state index in [1.54, 1.807) is 0 Å². The first-order valence-corrected chi connectivity index (χ1v) is 7.47. The quantitative estimate of drug-likeness (QED) is 0.893. The Kier molecular flexibility index (Phi) is 5.25. The smallest absolute Gasteiger partial charge is 0.248 e. The Morgan fingerprint density at radius 1 is 1.24 bits per heavy atom. The summed E-state index contributed by atoms with van der Waals surface area (Å²) in [4.78, 5) is 13.5. The van der Waals surface area contributed by atoms with E-state index in [0.29, 0.717) is 11.6 Å². The van der Waals surface area contributed by atoms with Crippen molar-refractivity contribution in [1.29, 1.82) is 0 Å². The molecular formula is C16H24ClN3O. The van der Waals surface area contributed by atoms with Crippen LogP contribution in [0.1, 0.15) is 41.6 Å². The third-order valence-corrected chi connectivity index (χ3v) is 4.74. The molecule has 2 atom stereocenters. The van der Waals surface area contributed by atoms with E-state index >= 15 is 0 Å². The highest BCUT2D eigenvalue weighted by Gasteiger charge is 2.34. The summed E-state index contributed by atoms with van der Waals surface area (Å²) in [6.45, 7) is 0.934. The Morgan fingerprint density at radius 3 is 2.33 bits per heavy atom. The number of carbonyl (C=O) groups is 1. The number of amides is 1. The van der Waals surface area contributed by atoms with Crippen molar-refractivity contribution in [2.75, 3.05) is 7.05 Å². The predicted molar refractivity (Wildman–Crippen MR) is 86.6 cm³/mol. The Balaban J connectivity index is 0.00000161. The number of primary amides is 1. The molecule has 1 aromatic rings. The summed E-state index contributed by atoms with van der Waals surface area (Å²) in [5, 5.41) is 3.68. The Bertz CT molecular complexity index is 479. The molecule has 0 radical (unpaired) electrons. The van der Waals surface area contributed by atoms with Crippen molar-refractivity contribution in [1.82, 2.24) is 10.2 Å². The highest BCUT2D eigenvalue weighted by Crippen LogP contribution is 2.29. The summed E-state index contributed by atoms with van der Waals surface area (Å²) in [5.74, 6) is -0.361. The van der Waals surface area contributed by atoms with Gasteiger partial charge >= 0.3 is 0 Å². The number of rotatable bonds is 4. The van der Waals surface area contributed by atoms with Gasteiger partial charge < -0.3 is 11.1 Å². The lowest BCUT2D eigenvalue weighted by Gasteiger charge is -2.35. The predicted octanol–water partition coefficient (Wildman–Crippen LogP) is 1.92. The van der Waals surface area contributed by atoms with E-state index in [9.17, 15) is 4.79 Å². The van der Waals surface area contributed by atoms with Crippen molar-refractivity contribution in [2.24, 2.45) is 5.73 Å². The molecule has 2 unspecified atom stereocenters. The lowest BCUT2D eigenvalue weighted by Crippen LogP contribution is -2.46. The zero-order chi connectivity index (χ0) is 14.1. The topological polar surface area (TPSA) is 58.4 Å². The van der Waals surface area contributed by atoms with Gasteiger partial charge in [0.1, 0.15) is 0 Å². The second-order valence-corrected chi connectivity index (χ2v) is 6.24. The van der Waals surface area contributed by atoms with Crippen molar-refractivity contribution < 1.29 is 4.79 Å². The molecule has 2 saturated heterocycles. The summed E-state index contributed by atoms with van der Waals surface area (Å²) >= 11 is 0. The van der Waals surface area contributed by atoms with Crippen molar-refractivity contribution >= 4 is 18.3 Å². The van der Waals surface area contributed by atoms with Gasteiger partial charge in [-0.15, -0.1) is 12.4 Å². The highest BCUT2D eigenvalue weighted by atomic mass is 35.5. The van der Waals surface area contributed by atoms with Crippen LogP contribution in [0.15, 0.2) is 24.3 Å². The van der Waals surface area contributed by atoms with Crippen LogP contribution in [0.25, 0.3) is 0 Å². The molecule has 21 heavy (non-hydrogen) atoms. The van der Waals surface area contributed by atoms with E-state index in [2.05, 4.69) is 17.3 Å². The third kappa shape index (κ3) is 3.76. The van der Waals surface area contributed by atoms with E-state index in [4.69, 9.17) is 5.73 Å². The van der Waals surface area contributed by atoms with Crippen LogP contribution in [0.5, 0.6) is 0 Å². The zero-order valence-corrected chi connectivity index (χ0v) is 13.2. The summed E-state index contributed by atoms with van der Waals surface area (Å²) in [6, 6.07) is 9.76. The van der Waals surface area contributed by atoms with Crippen LogP contribution in [0.2, 0.25) is 0 Å². The molecular weight excluding hydrogens is 286 g/mol. The number of nitrogens with two attached hydrogens (primary N) is 1. The van der Waals surface area contributed by atoms with Gasteiger partial charge in [0.2, 0.25) is 5.91 Å². The molecule has 1 amide bonds. The van der Waals surface area contributed by atoms with Crippen LogP contribution in [0.3, 0.4) is 0 Å². The molecule has 4 nitrogen and oxygen atoms in total. The van der Waals surface area contributed by atoms with Crippen LogP contribution in [-0.4, -0.2) is 36.0 Å². The summed E-state index contributed by atoms with van der Waals surface area (Å²) in [7, 11) is 2.21. The Labute approximate surface area is 132 Å². The number of nitrogens with one attached hydrogen (secondary N) is 1. The van der Waals surface area contributed by atoms with Gasteiger partial charge in [0.05, 0.1) is 0 Å². The number of carbonyl (C=O) groups excluding carboxylic acids is 1. The first-order valence-electron chi connectivity index (χ1n) is 7.47. The maximum Gasteiger partial charge on any atom is 0.248 e. The third-order valence-electron chi connectivity index (χ3n) is 4.74. The molecule has 3 rings (SSSR count). The molecule has 5 heteroatoms. The number of hydrogen-bond acceptors (Lipinski definition) is 3. The summed E-state index contributed by atoms with van der Waals surface area (Å²) < 4.78 is 0. The Hall–Kier alpha value is -1.10. The monoisotopic (exact) mass is 309 g/mol. The highest BCUT2D eigenvalue weighted by molar-refractivity contribution is 5.92. The summed E-state index contributed by atoms with van der Waals surface area (Å²) in [6.07, 6.45) is 5.18. The van der Waals surface area contributed by atoms with Crippen molar-refractivity contribution in [2.45, 2.75) is 50.4 Å². The largest absolute Gasteiger partial charge is 0.366 e. The number of benzene rings is 1. The molecule has 3 N–H and O–H groups in total. The Morgan fingerprint density at radius 2 is 1.81 bits per heavy atom. The van der Waals surface area contributed by atoms with Crippen LogP contribution < -0.4 is 11.1 Å². The minimum atomic E-state index is -0.361. The van der Waals surface area contributed by atoms with Gasteiger partial charge in [-0.05, 0) is 50.4 Å².